The minimum Gasteiger partial charge on any atom is -0.465 e. The third kappa shape index (κ3) is 2.41. The number of fused-ring (bicyclic) bond motifs is 3. The SMILES string of the molecule is COC(=O)c1c(C)nn2c1ncc1c(=O)n(-c3ccc(Br)cc3)ccc12. The van der Waals surface area contributed by atoms with Gasteiger partial charge in [-0.1, -0.05) is 15.9 Å². The van der Waals surface area contributed by atoms with Gasteiger partial charge in [-0.25, -0.2) is 14.3 Å². The summed E-state index contributed by atoms with van der Waals surface area (Å²) in [5.41, 5.74) is 2.26. The third-order valence-corrected chi connectivity index (χ3v) is 4.71. The molecule has 8 heteroatoms. The number of ether oxygens (including phenoxy) is 1. The summed E-state index contributed by atoms with van der Waals surface area (Å²) in [6.45, 7) is 1.70. The van der Waals surface area contributed by atoms with E-state index in [4.69, 9.17) is 4.74 Å². The molecule has 3 aromatic heterocycles. The maximum absolute atomic E-state index is 12.9. The molecule has 0 spiro atoms. The zero-order valence-electron chi connectivity index (χ0n) is 13.9. The molecule has 0 saturated carbocycles. The zero-order valence-corrected chi connectivity index (χ0v) is 15.5. The lowest BCUT2D eigenvalue weighted by molar-refractivity contribution is 0.0602. The first-order valence-corrected chi connectivity index (χ1v) is 8.54. The normalized spacial score (nSPS) is 11.2. The van der Waals surface area contributed by atoms with Gasteiger partial charge in [-0.3, -0.25) is 9.36 Å². The lowest BCUT2D eigenvalue weighted by atomic mass is 10.2. The maximum Gasteiger partial charge on any atom is 0.343 e. The molecule has 3 heterocycles. The van der Waals surface area contributed by atoms with Crippen LogP contribution in [0.3, 0.4) is 0 Å². The van der Waals surface area contributed by atoms with Crippen LogP contribution in [0.5, 0.6) is 0 Å². The van der Waals surface area contributed by atoms with Crippen LogP contribution in [0.25, 0.3) is 22.2 Å². The fraction of sp³-hybridized carbons (Fsp3) is 0.111. The van der Waals surface area contributed by atoms with Crippen LogP contribution in [0.15, 0.2) is 52.0 Å². The summed E-state index contributed by atoms with van der Waals surface area (Å²) in [4.78, 5) is 29.2. The predicted octanol–water partition coefficient (Wildman–Crippen LogP) is 2.89. The van der Waals surface area contributed by atoms with Gasteiger partial charge >= 0.3 is 5.97 Å². The fourth-order valence-electron chi connectivity index (χ4n) is 2.92. The number of carbonyl (C=O) groups is 1. The van der Waals surface area contributed by atoms with E-state index < -0.39 is 5.97 Å². The van der Waals surface area contributed by atoms with Gasteiger partial charge in [-0.15, -0.1) is 0 Å². The van der Waals surface area contributed by atoms with E-state index >= 15 is 0 Å². The average molecular weight is 413 g/mol. The molecule has 0 unspecified atom stereocenters. The molecule has 0 aliphatic rings. The number of nitrogens with zero attached hydrogens (tertiary/aromatic N) is 4. The summed E-state index contributed by atoms with van der Waals surface area (Å²) in [6, 6.07) is 9.20. The highest BCUT2D eigenvalue weighted by atomic mass is 79.9. The molecule has 0 radical (unpaired) electrons. The number of benzene rings is 1. The van der Waals surface area contributed by atoms with Gasteiger partial charge in [0.25, 0.3) is 5.56 Å². The van der Waals surface area contributed by atoms with Crippen LogP contribution in [0.1, 0.15) is 16.1 Å². The molecule has 1 aromatic carbocycles. The van der Waals surface area contributed by atoms with E-state index in [1.54, 1.807) is 23.8 Å². The van der Waals surface area contributed by atoms with Crippen molar-refractivity contribution in [1.29, 1.82) is 0 Å². The first-order valence-electron chi connectivity index (χ1n) is 7.75. The Labute approximate surface area is 156 Å². The second-order valence-corrected chi connectivity index (χ2v) is 6.63. The van der Waals surface area contributed by atoms with Crippen LogP contribution in [0, 0.1) is 6.92 Å². The number of pyridine rings is 1. The lowest BCUT2D eigenvalue weighted by Crippen LogP contribution is -2.18. The van der Waals surface area contributed by atoms with Crippen molar-refractivity contribution in [3.8, 4) is 5.69 Å². The van der Waals surface area contributed by atoms with Crippen LogP contribution in [0.2, 0.25) is 0 Å². The highest BCUT2D eigenvalue weighted by molar-refractivity contribution is 9.10. The summed E-state index contributed by atoms with van der Waals surface area (Å²) < 4.78 is 8.78. The van der Waals surface area contributed by atoms with Gasteiger partial charge in [0, 0.05) is 22.6 Å². The lowest BCUT2D eigenvalue weighted by Gasteiger charge is -2.08. The van der Waals surface area contributed by atoms with Crippen molar-refractivity contribution in [2.45, 2.75) is 6.92 Å². The van der Waals surface area contributed by atoms with Gasteiger partial charge in [0.05, 0.1) is 23.7 Å². The van der Waals surface area contributed by atoms with E-state index in [2.05, 4.69) is 26.0 Å². The van der Waals surface area contributed by atoms with E-state index in [1.807, 2.05) is 24.3 Å². The summed E-state index contributed by atoms with van der Waals surface area (Å²) in [7, 11) is 1.31. The van der Waals surface area contributed by atoms with Crippen LogP contribution in [0.4, 0.5) is 0 Å². The van der Waals surface area contributed by atoms with Crippen LogP contribution in [-0.4, -0.2) is 32.2 Å². The number of halogens is 1. The first kappa shape index (κ1) is 16.5. The Balaban J connectivity index is 2.00. The fourth-order valence-corrected chi connectivity index (χ4v) is 3.19. The standard InChI is InChI=1S/C18H13BrN4O3/c1-10-15(18(25)26-2)16-20-9-13-14(23(16)21-10)7-8-22(17(13)24)12-5-3-11(19)4-6-12/h3-9H,1-2H3. The topological polar surface area (TPSA) is 78.5 Å². The molecule has 0 aliphatic heterocycles. The number of methoxy groups -OCH3 is 1. The van der Waals surface area contributed by atoms with E-state index in [1.165, 1.54) is 17.8 Å². The van der Waals surface area contributed by atoms with Gasteiger partial charge in [0.15, 0.2) is 5.65 Å². The molecule has 0 saturated heterocycles. The maximum atomic E-state index is 12.9. The summed E-state index contributed by atoms with van der Waals surface area (Å²) in [5, 5.41) is 4.77. The van der Waals surface area contributed by atoms with Gasteiger partial charge in [0.2, 0.25) is 0 Å². The van der Waals surface area contributed by atoms with Gasteiger partial charge in [-0.05, 0) is 37.3 Å². The largest absolute Gasteiger partial charge is 0.465 e. The van der Waals surface area contributed by atoms with E-state index in [0.717, 1.165) is 10.2 Å². The smallest absolute Gasteiger partial charge is 0.343 e. The number of rotatable bonds is 2. The van der Waals surface area contributed by atoms with Crippen molar-refractivity contribution in [1.82, 2.24) is 19.2 Å². The summed E-state index contributed by atoms with van der Waals surface area (Å²) in [5.74, 6) is -0.507. The molecule has 0 aliphatic carbocycles. The quantitative estimate of drug-likeness (QED) is 0.473. The molecule has 0 N–H and O–H groups in total. The number of hydrogen-bond acceptors (Lipinski definition) is 5. The van der Waals surface area contributed by atoms with E-state index in [-0.39, 0.29) is 5.56 Å². The average Bonchev–Trinajstić information content (AvgIpc) is 2.98. The molecule has 0 fully saturated rings. The summed E-state index contributed by atoms with van der Waals surface area (Å²) in [6.07, 6.45) is 3.15. The Morgan fingerprint density at radius 2 is 1.92 bits per heavy atom. The highest BCUT2D eigenvalue weighted by Gasteiger charge is 2.20. The molecule has 130 valence electrons. The molecule has 0 bridgehead atoms. The Bertz CT molecular complexity index is 1230. The first-order chi connectivity index (χ1) is 12.5. The molecule has 0 amide bonds. The van der Waals surface area contributed by atoms with Crippen molar-refractivity contribution < 1.29 is 9.53 Å². The Morgan fingerprint density at radius 3 is 2.62 bits per heavy atom. The van der Waals surface area contributed by atoms with Crippen molar-refractivity contribution in [3.63, 3.8) is 0 Å². The van der Waals surface area contributed by atoms with Gasteiger partial charge in [-0.2, -0.15) is 5.10 Å². The zero-order chi connectivity index (χ0) is 18.4. The Morgan fingerprint density at radius 1 is 1.19 bits per heavy atom. The molecule has 7 nitrogen and oxygen atoms in total. The number of hydrogen-bond donors (Lipinski definition) is 0. The number of esters is 1. The third-order valence-electron chi connectivity index (χ3n) is 4.18. The van der Waals surface area contributed by atoms with Crippen molar-refractivity contribution in [2.75, 3.05) is 7.11 Å². The number of aromatic nitrogens is 4. The summed E-state index contributed by atoms with van der Waals surface area (Å²) >= 11 is 3.38. The van der Waals surface area contributed by atoms with E-state index in [9.17, 15) is 9.59 Å². The molecule has 26 heavy (non-hydrogen) atoms. The Hall–Kier alpha value is -3.00. The second-order valence-electron chi connectivity index (χ2n) is 5.71. The molecule has 4 rings (SSSR count). The number of carbonyl (C=O) groups excluding carboxylic acids is 1. The minimum absolute atomic E-state index is 0.216. The molecule has 0 atom stereocenters. The van der Waals surface area contributed by atoms with Gasteiger partial charge in [0.1, 0.15) is 5.56 Å². The minimum atomic E-state index is -0.507. The predicted molar refractivity (Wildman–Crippen MR) is 99.9 cm³/mol. The second kappa shape index (κ2) is 6.06. The van der Waals surface area contributed by atoms with Crippen molar-refractivity contribution in [2.24, 2.45) is 0 Å². The molecule has 4 aromatic rings. The molecular formula is C18H13BrN4O3. The van der Waals surface area contributed by atoms with Crippen LogP contribution >= 0.6 is 15.9 Å². The Kier molecular flexibility index (Phi) is 3.84. The van der Waals surface area contributed by atoms with E-state index in [0.29, 0.717) is 27.8 Å². The monoisotopic (exact) mass is 412 g/mol. The van der Waals surface area contributed by atoms with Gasteiger partial charge < -0.3 is 4.74 Å². The van der Waals surface area contributed by atoms with Crippen LogP contribution < -0.4 is 5.56 Å². The van der Waals surface area contributed by atoms with Crippen molar-refractivity contribution in [3.05, 3.63) is 68.8 Å². The van der Waals surface area contributed by atoms with Crippen molar-refractivity contribution >= 4 is 38.4 Å². The van der Waals surface area contributed by atoms with Crippen LogP contribution in [-0.2, 0) is 4.74 Å². The highest BCUT2D eigenvalue weighted by Crippen LogP contribution is 2.20. The number of aryl methyl sites for hydroxylation is 1. The molecular weight excluding hydrogens is 400 g/mol.